The number of aromatic nitrogens is 2. The maximum atomic E-state index is 5.42. The minimum absolute atomic E-state index is 0.0619. The molecule has 0 aliphatic carbocycles. The molecule has 1 N–H and O–H groups in total. The first-order valence-electron chi connectivity index (χ1n) is 15.3. The van der Waals surface area contributed by atoms with E-state index < -0.39 is 0 Å². The predicted octanol–water partition coefficient (Wildman–Crippen LogP) is 10.2. The number of nitrogens with one attached hydrogen (secondary N) is 1. The molecule has 1 unspecified atom stereocenters. The molecule has 0 bridgehead atoms. The lowest BCUT2D eigenvalue weighted by atomic mass is 9.85. The molecule has 0 saturated carbocycles. The van der Waals surface area contributed by atoms with Crippen molar-refractivity contribution in [3.63, 3.8) is 0 Å². The van der Waals surface area contributed by atoms with Crippen molar-refractivity contribution in [3.8, 4) is 22.5 Å². The Kier molecular flexibility index (Phi) is 7.16. The molecule has 0 fully saturated rings. The average Bonchev–Trinajstić information content (AvgIpc) is 3.45. The zero-order valence-electron chi connectivity index (χ0n) is 25.0. The summed E-state index contributed by atoms with van der Waals surface area (Å²) in [6, 6.07) is 49.9. The van der Waals surface area contributed by atoms with Gasteiger partial charge in [-0.05, 0) is 45.4 Å². The van der Waals surface area contributed by atoms with Crippen molar-refractivity contribution in [1.82, 2.24) is 9.78 Å². The Bertz CT molecular complexity index is 1840. The van der Waals surface area contributed by atoms with Crippen LogP contribution in [0.1, 0.15) is 72.5 Å². The van der Waals surface area contributed by atoms with Crippen molar-refractivity contribution in [2.45, 2.75) is 44.7 Å². The highest BCUT2D eigenvalue weighted by Crippen LogP contribution is 2.48. The molecule has 0 spiro atoms. The standard InChI is InChI=1S/C40H37N3/c1-27(2)32-24-15-25-34-28(3)33-22-13-14-23-35(33)39(41-38(32)34)40(31-20-11-6-12-21-31)43-37(30-18-9-5-10-19-30)26-36(42-43)29-16-7-4-8-17-29/h4-28,39-41H,1-3H3/t28?,39-,40+/m0/s1. The van der Waals surface area contributed by atoms with Crippen LogP contribution in [-0.2, 0) is 0 Å². The lowest BCUT2D eigenvalue weighted by Crippen LogP contribution is -2.27. The Hall–Kier alpha value is -4.89. The second-order valence-electron chi connectivity index (χ2n) is 11.9. The number of nitrogens with zero attached hydrogens (tertiary/aromatic N) is 2. The third-order valence-corrected chi connectivity index (χ3v) is 8.91. The molecule has 0 radical (unpaired) electrons. The van der Waals surface area contributed by atoms with Crippen molar-refractivity contribution in [1.29, 1.82) is 0 Å². The summed E-state index contributed by atoms with van der Waals surface area (Å²) in [7, 11) is 0. The van der Waals surface area contributed by atoms with Crippen LogP contribution in [0.25, 0.3) is 22.5 Å². The van der Waals surface area contributed by atoms with E-state index >= 15 is 0 Å². The summed E-state index contributed by atoms with van der Waals surface area (Å²) in [6.07, 6.45) is 0. The number of anilines is 1. The van der Waals surface area contributed by atoms with Crippen LogP contribution < -0.4 is 5.32 Å². The van der Waals surface area contributed by atoms with Gasteiger partial charge in [0.25, 0.3) is 0 Å². The fraction of sp³-hybridized carbons (Fsp3) is 0.175. The molecular weight excluding hydrogens is 522 g/mol. The molecule has 2 heterocycles. The smallest absolute Gasteiger partial charge is 0.102 e. The SMILES string of the molecule is CC(C)c1cccc2c1N[C@H]([C@@H](c1ccccc1)n1nc(-c3ccccc3)cc1-c1ccccc1)c1ccccc1C2C. The molecular formula is C40H37N3. The van der Waals surface area contributed by atoms with Crippen LogP contribution in [0.3, 0.4) is 0 Å². The van der Waals surface area contributed by atoms with E-state index in [9.17, 15) is 0 Å². The van der Waals surface area contributed by atoms with E-state index in [2.05, 4.69) is 170 Å². The molecule has 5 aromatic carbocycles. The van der Waals surface area contributed by atoms with Gasteiger partial charge in [-0.25, -0.2) is 0 Å². The monoisotopic (exact) mass is 559 g/mol. The number of hydrogen-bond donors (Lipinski definition) is 1. The van der Waals surface area contributed by atoms with Gasteiger partial charge in [-0.2, -0.15) is 5.10 Å². The molecule has 7 rings (SSSR count). The van der Waals surface area contributed by atoms with Gasteiger partial charge in [-0.15, -0.1) is 0 Å². The molecule has 3 heteroatoms. The fourth-order valence-electron chi connectivity index (χ4n) is 6.74. The molecule has 0 saturated heterocycles. The Morgan fingerprint density at radius 2 is 1.21 bits per heavy atom. The minimum Gasteiger partial charge on any atom is -0.375 e. The Labute approximate surface area is 254 Å². The van der Waals surface area contributed by atoms with Crippen LogP contribution in [0, 0.1) is 0 Å². The number of para-hydroxylation sites is 1. The van der Waals surface area contributed by atoms with Crippen LogP contribution >= 0.6 is 0 Å². The van der Waals surface area contributed by atoms with E-state index in [1.54, 1.807) is 0 Å². The van der Waals surface area contributed by atoms with Gasteiger partial charge in [-0.3, -0.25) is 4.68 Å². The Morgan fingerprint density at radius 1 is 0.628 bits per heavy atom. The van der Waals surface area contributed by atoms with Crippen LogP contribution in [0.15, 0.2) is 140 Å². The van der Waals surface area contributed by atoms with Gasteiger partial charge in [0.15, 0.2) is 0 Å². The summed E-state index contributed by atoms with van der Waals surface area (Å²) in [5.74, 6) is 0.644. The zero-order valence-corrected chi connectivity index (χ0v) is 25.0. The first-order valence-corrected chi connectivity index (χ1v) is 15.3. The van der Waals surface area contributed by atoms with Gasteiger partial charge < -0.3 is 5.32 Å². The molecule has 1 aliphatic rings. The number of hydrogen-bond acceptors (Lipinski definition) is 2. The molecule has 1 aliphatic heterocycles. The van der Waals surface area contributed by atoms with E-state index in [0.717, 1.165) is 22.5 Å². The Morgan fingerprint density at radius 3 is 1.88 bits per heavy atom. The molecule has 6 aromatic rings. The summed E-state index contributed by atoms with van der Waals surface area (Å²) in [6.45, 7) is 6.92. The molecule has 1 aromatic heterocycles. The molecule has 212 valence electrons. The maximum Gasteiger partial charge on any atom is 0.102 e. The fourth-order valence-corrected chi connectivity index (χ4v) is 6.74. The van der Waals surface area contributed by atoms with E-state index in [1.807, 2.05) is 0 Å². The third kappa shape index (κ3) is 4.95. The molecule has 3 atom stereocenters. The van der Waals surface area contributed by atoms with E-state index in [1.165, 1.54) is 33.5 Å². The Balaban J connectivity index is 1.51. The van der Waals surface area contributed by atoms with Gasteiger partial charge >= 0.3 is 0 Å². The lowest BCUT2D eigenvalue weighted by molar-refractivity contribution is 0.468. The average molecular weight is 560 g/mol. The zero-order chi connectivity index (χ0) is 29.3. The molecule has 0 amide bonds. The summed E-state index contributed by atoms with van der Waals surface area (Å²) in [5, 5.41) is 9.58. The van der Waals surface area contributed by atoms with Crippen LogP contribution in [0.4, 0.5) is 5.69 Å². The second kappa shape index (κ2) is 11.4. The van der Waals surface area contributed by atoms with Crippen molar-refractivity contribution in [3.05, 3.63) is 167 Å². The normalized spacial score (nSPS) is 16.6. The van der Waals surface area contributed by atoms with Crippen molar-refractivity contribution in [2.24, 2.45) is 0 Å². The summed E-state index contributed by atoms with van der Waals surface area (Å²) < 4.78 is 2.27. The summed E-state index contributed by atoms with van der Waals surface area (Å²) in [4.78, 5) is 0. The van der Waals surface area contributed by atoms with Crippen molar-refractivity contribution >= 4 is 5.69 Å². The highest BCUT2D eigenvalue weighted by molar-refractivity contribution is 5.70. The summed E-state index contributed by atoms with van der Waals surface area (Å²) in [5.41, 5.74) is 12.2. The molecule has 43 heavy (non-hydrogen) atoms. The van der Waals surface area contributed by atoms with Gasteiger partial charge in [0.05, 0.1) is 17.4 Å². The van der Waals surface area contributed by atoms with Crippen molar-refractivity contribution < 1.29 is 0 Å². The third-order valence-electron chi connectivity index (χ3n) is 8.91. The quantitative estimate of drug-likeness (QED) is 0.220. The van der Waals surface area contributed by atoms with Gasteiger partial charge in [0.2, 0.25) is 0 Å². The van der Waals surface area contributed by atoms with Crippen molar-refractivity contribution in [2.75, 3.05) is 5.32 Å². The van der Waals surface area contributed by atoms with E-state index in [-0.39, 0.29) is 18.0 Å². The van der Waals surface area contributed by atoms with Crippen LogP contribution in [-0.4, -0.2) is 9.78 Å². The molecule has 3 nitrogen and oxygen atoms in total. The van der Waals surface area contributed by atoms with E-state index in [0.29, 0.717) is 5.92 Å². The van der Waals surface area contributed by atoms with E-state index in [4.69, 9.17) is 5.10 Å². The number of rotatable bonds is 6. The van der Waals surface area contributed by atoms with Crippen LogP contribution in [0.5, 0.6) is 0 Å². The number of fused-ring (bicyclic) bond motifs is 2. The van der Waals surface area contributed by atoms with Crippen LogP contribution in [0.2, 0.25) is 0 Å². The van der Waals surface area contributed by atoms with Gasteiger partial charge in [0.1, 0.15) is 6.04 Å². The number of benzene rings is 5. The summed E-state index contributed by atoms with van der Waals surface area (Å²) >= 11 is 0. The minimum atomic E-state index is -0.117. The van der Waals surface area contributed by atoms with Gasteiger partial charge in [-0.1, -0.05) is 154 Å². The first-order chi connectivity index (χ1) is 21.1. The predicted molar refractivity (Wildman–Crippen MR) is 179 cm³/mol. The van der Waals surface area contributed by atoms with Gasteiger partial charge in [0, 0.05) is 17.2 Å². The topological polar surface area (TPSA) is 29.9 Å². The lowest BCUT2D eigenvalue weighted by Gasteiger charge is -2.32. The first kappa shape index (κ1) is 27.0. The largest absolute Gasteiger partial charge is 0.375 e. The highest BCUT2D eigenvalue weighted by Gasteiger charge is 2.36. The maximum absolute atomic E-state index is 5.42. The second-order valence-corrected chi connectivity index (χ2v) is 11.9. The highest BCUT2D eigenvalue weighted by atomic mass is 15.3.